The number of benzene rings is 2. The smallest absolute Gasteiger partial charge is 0.149 e. The number of hydrogen-bond donors (Lipinski definition) is 1. The topological polar surface area (TPSA) is 57.9 Å². The fourth-order valence-corrected chi connectivity index (χ4v) is 2.46. The van der Waals surface area contributed by atoms with E-state index in [2.05, 4.69) is 35.4 Å². The molecule has 3 rings (SSSR count). The van der Waals surface area contributed by atoms with Crippen LogP contribution in [0.25, 0.3) is 10.9 Å². The second-order valence-electron chi connectivity index (χ2n) is 5.23. The van der Waals surface area contributed by atoms with Crippen LogP contribution in [0.5, 0.6) is 5.75 Å². The Labute approximate surface area is 135 Å². The molecule has 1 N–H and O–H groups in total. The highest BCUT2D eigenvalue weighted by molar-refractivity contribution is 5.85. The van der Waals surface area contributed by atoms with Gasteiger partial charge in [-0.3, -0.25) is 0 Å². The third-order valence-corrected chi connectivity index (χ3v) is 3.74. The van der Waals surface area contributed by atoms with Gasteiger partial charge in [0.05, 0.1) is 18.2 Å². The van der Waals surface area contributed by atoms with Crippen LogP contribution >= 0.6 is 0 Å². The van der Waals surface area contributed by atoms with Crippen LogP contribution in [0, 0.1) is 11.3 Å². The fourth-order valence-electron chi connectivity index (χ4n) is 2.46. The molecule has 4 nitrogen and oxygen atoms in total. The average molecular weight is 303 g/mol. The van der Waals surface area contributed by atoms with E-state index in [-0.39, 0.29) is 0 Å². The van der Waals surface area contributed by atoms with Gasteiger partial charge in [-0.05, 0) is 42.3 Å². The summed E-state index contributed by atoms with van der Waals surface area (Å²) in [6.45, 7) is 2.11. The molecule has 1 heterocycles. The van der Waals surface area contributed by atoms with Crippen molar-refractivity contribution in [1.29, 1.82) is 5.26 Å². The van der Waals surface area contributed by atoms with Crippen LogP contribution in [0.4, 0.5) is 11.5 Å². The van der Waals surface area contributed by atoms with E-state index < -0.39 is 0 Å². The lowest BCUT2D eigenvalue weighted by atomic mass is 10.1. The molecule has 0 atom stereocenters. The second-order valence-corrected chi connectivity index (χ2v) is 5.23. The molecule has 0 amide bonds. The minimum atomic E-state index is 0.518. The maximum Gasteiger partial charge on any atom is 0.149 e. The number of aryl methyl sites for hydroxylation is 1. The molecule has 3 aromatic rings. The number of rotatable bonds is 4. The summed E-state index contributed by atoms with van der Waals surface area (Å²) in [4.78, 5) is 4.59. The number of pyridine rings is 1. The van der Waals surface area contributed by atoms with Gasteiger partial charge in [0.15, 0.2) is 0 Å². The highest BCUT2D eigenvalue weighted by atomic mass is 16.5. The summed E-state index contributed by atoms with van der Waals surface area (Å²) in [6, 6.07) is 17.8. The Morgan fingerprint density at radius 3 is 2.78 bits per heavy atom. The summed E-state index contributed by atoms with van der Waals surface area (Å²) >= 11 is 0. The Hall–Kier alpha value is -3.06. The molecule has 0 saturated carbocycles. The average Bonchev–Trinajstić information content (AvgIpc) is 2.60. The predicted octanol–water partition coefficient (Wildman–Crippen LogP) is 4.42. The lowest BCUT2D eigenvalue weighted by molar-refractivity contribution is 0.415. The van der Waals surface area contributed by atoms with E-state index in [4.69, 9.17) is 4.74 Å². The van der Waals surface area contributed by atoms with Crippen LogP contribution in [-0.4, -0.2) is 12.1 Å². The Balaban J connectivity index is 2.05. The molecular weight excluding hydrogens is 286 g/mol. The zero-order chi connectivity index (χ0) is 16.2. The molecule has 114 valence electrons. The first-order valence-corrected chi connectivity index (χ1v) is 7.48. The van der Waals surface area contributed by atoms with Gasteiger partial charge in [-0.1, -0.05) is 19.1 Å². The number of anilines is 2. The molecule has 2 aromatic carbocycles. The van der Waals surface area contributed by atoms with Crippen molar-refractivity contribution < 1.29 is 4.74 Å². The van der Waals surface area contributed by atoms with Gasteiger partial charge >= 0.3 is 0 Å². The van der Waals surface area contributed by atoms with E-state index in [1.807, 2.05) is 36.4 Å². The zero-order valence-electron chi connectivity index (χ0n) is 13.1. The molecule has 0 radical (unpaired) electrons. The van der Waals surface area contributed by atoms with Gasteiger partial charge in [-0.15, -0.1) is 0 Å². The van der Waals surface area contributed by atoms with E-state index in [0.717, 1.165) is 28.8 Å². The van der Waals surface area contributed by atoms with Crippen molar-refractivity contribution >= 4 is 22.4 Å². The Morgan fingerprint density at radius 2 is 2.04 bits per heavy atom. The van der Waals surface area contributed by atoms with Crippen LogP contribution < -0.4 is 10.1 Å². The zero-order valence-corrected chi connectivity index (χ0v) is 13.1. The number of nitrogens with zero attached hydrogens (tertiary/aromatic N) is 2. The van der Waals surface area contributed by atoms with Crippen molar-refractivity contribution in [3.8, 4) is 11.8 Å². The van der Waals surface area contributed by atoms with Gasteiger partial charge < -0.3 is 10.1 Å². The molecule has 0 aliphatic carbocycles. The first kappa shape index (κ1) is 14.9. The van der Waals surface area contributed by atoms with E-state index in [1.54, 1.807) is 7.11 Å². The maximum atomic E-state index is 9.40. The highest BCUT2D eigenvalue weighted by Crippen LogP contribution is 2.26. The molecule has 0 bridgehead atoms. The van der Waals surface area contributed by atoms with Crippen LogP contribution in [0.3, 0.4) is 0 Å². The summed E-state index contributed by atoms with van der Waals surface area (Å²) in [5, 5.41) is 13.6. The first-order chi connectivity index (χ1) is 11.2. The summed E-state index contributed by atoms with van der Waals surface area (Å²) in [5.41, 5.74) is 3.47. The Kier molecular flexibility index (Phi) is 4.11. The largest absolute Gasteiger partial charge is 0.497 e. The van der Waals surface area contributed by atoms with Crippen molar-refractivity contribution in [2.45, 2.75) is 13.3 Å². The van der Waals surface area contributed by atoms with E-state index >= 15 is 0 Å². The van der Waals surface area contributed by atoms with E-state index in [1.165, 1.54) is 5.56 Å². The van der Waals surface area contributed by atoms with Gasteiger partial charge in [0, 0.05) is 17.1 Å². The quantitative estimate of drug-likeness (QED) is 0.775. The number of hydrogen-bond acceptors (Lipinski definition) is 4. The van der Waals surface area contributed by atoms with Gasteiger partial charge in [0.25, 0.3) is 0 Å². The van der Waals surface area contributed by atoms with Crippen LogP contribution in [-0.2, 0) is 6.42 Å². The van der Waals surface area contributed by atoms with Gasteiger partial charge in [-0.25, -0.2) is 4.98 Å². The standard InChI is InChI=1S/C19H17N3O/c1-3-13-5-4-6-16(9-13)21-19-15(12-20)10-14-7-8-17(23-2)11-18(14)22-19/h4-11H,3H2,1-2H3,(H,21,22). The number of methoxy groups -OCH3 is 1. The molecule has 0 unspecified atom stereocenters. The molecule has 4 heteroatoms. The van der Waals surface area contributed by atoms with Crippen molar-refractivity contribution in [1.82, 2.24) is 4.98 Å². The van der Waals surface area contributed by atoms with Crippen molar-refractivity contribution in [2.75, 3.05) is 12.4 Å². The molecule has 0 aliphatic heterocycles. The van der Waals surface area contributed by atoms with Gasteiger partial charge in [0.1, 0.15) is 17.6 Å². The summed E-state index contributed by atoms with van der Waals surface area (Å²) in [5.74, 6) is 1.30. The van der Waals surface area contributed by atoms with Crippen molar-refractivity contribution in [2.24, 2.45) is 0 Å². The second kappa shape index (κ2) is 6.37. The molecular formula is C19H17N3O. The maximum absolute atomic E-state index is 9.40. The molecule has 23 heavy (non-hydrogen) atoms. The summed E-state index contributed by atoms with van der Waals surface area (Å²) in [7, 11) is 1.63. The predicted molar refractivity (Wildman–Crippen MR) is 92.1 cm³/mol. The van der Waals surface area contributed by atoms with Crippen LogP contribution in [0.15, 0.2) is 48.5 Å². The fraction of sp³-hybridized carbons (Fsp3) is 0.158. The number of fused-ring (bicyclic) bond motifs is 1. The first-order valence-electron chi connectivity index (χ1n) is 7.48. The molecule has 0 aliphatic rings. The lowest BCUT2D eigenvalue weighted by Gasteiger charge is -2.10. The minimum Gasteiger partial charge on any atom is -0.497 e. The molecule has 0 spiro atoms. The molecule has 1 aromatic heterocycles. The van der Waals surface area contributed by atoms with Crippen LogP contribution in [0.2, 0.25) is 0 Å². The lowest BCUT2D eigenvalue weighted by Crippen LogP contribution is -1.98. The SMILES string of the molecule is CCc1cccc(Nc2nc3cc(OC)ccc3cc2C#N)c1. The normalized spacial score (nSPS) is 10.3. The molecule has 0 saturated heterocycles. The van der Waals surface area contributed by atoms with E-state index in [0.29, 0.717) is 11.4 Å². The van der Waals surface area contributed by atoms with Gasteiger partial charge in [0.2, 0.25) is 0 Å². The number of aromatic nitrogens is 1. The summed E-state index contributed by atoms with van der Waals surface area (Å²) in [6.07, 6.45) is 0.961. The minimum absolute atomic E-state index is 0.518. The van der Waals surface area contributed by atoms with Crippen molar-refractivity contribution in [3.63, 3.8) is 0 Å². The van der Waals surface area contributed by atoms with E-state index in [9.17, 15) is 5.26 Å². The number of ether oxygens (including phenoxy) is 1. The third-order valence-electron chi connectivity index (χ3n) is 3.74. The van der Waals surface area contributed by atoms with Crippen LogP contribution in [0.1, 0.15) is 18.1 Å². The Morgan fingerprint density at radius 1 is 1.17 bits per heavy atom. The molecule has 0 fully saturated rings. The Bertz CT molecular complexity index is 897. The number of nitriles is 1. The number of nitrogens with one attached hydrogen (secondary N) is 1. The third kappa shape index (κ3) is 3.09. The summed E-state index contributed by atoms with van der Waals surface area (Å²) < 4.78 is 5.24. The highest BCUT2D eigenvalue weighted by Gasteiger charge is 2.08. The monoisotopic (exact) mass is 303 g/mol. The van der Waals surface area contributed by atoms with Crippen molar-refractivity contribution in [3.05, 3.63) is 59.7 Å². The van der Waals surface area contributed by atoms with Gasteiger partial charge in [-0.2, -0.15) is 5.26 Å².